The van der Waals surface area contributed by atoms with Crippen LogP contribution in [0.25, 0.3) is 29.0 Å². The molecule has 0 nitrogen and oxygen atoms in total. The van der Waals surface area contributed by atoms with Crippen molar-refractivity contribution in [2.75, 3.05) is 0 Å². The fourth-order valence-electron chi connectivity index (χ4n) is 2.64. The van der Waals surface area contributed by atoms with E-state index >= 15 is 0 Å². The number of fused-ring (bicyclic) bond motifs is 1. The molecular formula is C19H20. The molecule has 0 saturated heterocycles. The third-order valence-electron chi connectivity index (χ3n) is 3.48. The molecule has 96 valence electrons. The number of allylic oxidation sites excluding steroid dienone is 2. The molecular weight excluding hydrogens is 228 g/mol. The molecule has 0 aliphatic rings. The predicted octanol–water partition coefficient (Wildman–Crippen LogP) is 5.86. The molecule has 0 radical (unpaired) electrons. The molecule has 0 aliphatic carbocycles. The largest absolute Gasteiger partial charge is 0.0984 e. The molecule has 0 aliphatic heterocycles. The van der Waals surface area contributed by atoms with Crippen LogP contribution in [0.15, 0.2) is 43.0 Å². The first-order valence-corrected chi connectivity index (χ1v) is 6.67. The van der Waals surface area contributed by atoms with Crippen molar-refractivity contribution in [3.05, 3.63) is 65.3 Å². The van der Waals surface area contributed by atoms with Crippen molar-refractivity contribution < 1.29 is 0 Å². The molecule has 0 spiro atoms. The Kier molecular flexibility index (Phi) is 4.01. The maximum Gasteiger partial charge on any atom is -0.00993 e. The van der Waals surface area contributed by atoms with Gasteiger partial charge in [0.25, 0.3) is 0 Å². The van der Waals surface area contributed by atoms with Gasteiger partial charge in [0.05, 0.1) is 0 Å². The van der Waals surface area contributed by atoms with Crippen molar-refractivity contribution in [1.82, 2.24) is 0 Å². The van der Waals surface area contributed by atoms with Crippen LogP contribution in [-0.4, -0.2) is 0 Å². The fraction of sp³-hybridized carbons (Fsp3) is 0.158. The minimum Gasteiger partial charge on any atom is -0.0984 e. The smallest absolute Gasteiger partial charge is 0.00993 e. The van der Waals surface area contributed by atoms with Crippen molar-refractivity contribution in [3.8, 4) is 0 Å². The quantitative estimate of drug-likeness (QED) is 0.638. The van der Waals surface area contributed by atoms with Gasteiger partial charge in [-0.25, -0.2) is 0 Å². The molecule has 0 atom stereocenters. The Morgan fingerprint density at radius 2 is 1.37 bits per heavy atom. The van der Waals surface area contributed by atoms with Gasteiger partial charge < -0.3 is 0 Å². The highest BCUT2D eigenvalue weighted by Gasteiger charge is 2.11. The molecule has 19 heavy (non-hydrogen) atoms. The highest BCUT2D eigenvalue weighted by molar-refractivity contribution is 6.00. The van der Waals surface area contributed by atoms with Gasteiger partial charge >= 0.3 is 0 Å². The molecule has 2 rings (SSSR count). The number of hydrogen-bond donors (Lipinski definition) is 0. The van der Waals surface area contributed by atoms with Gasteiger partial charge in [-0.05, 0) is 53.8 Å². The third-order valence-corrected chi connectivity index (χ3v) is 3.48. The third kappa shape index (κ3) is 2.26. The zero-order valence-electron chi connectivity index (χ0n) is 11.9. The van der Waals surface area contributed by atoms with E-state index in [1.54, 1.807) is 0 Å². The summed E-state index contributed by atoms with van der Waals surface area (Å²) in [7, 11) is 0. The normalized spacial score (nSPS) is 11.7. The summed E-state index contributed by atoms with van der Waals surface area (Å²) in [4.78, 5) is 0. The maximum atomic E-state index is 3.98. The van der Waals surface area contributed by atoms with Crippen LogP contribution in [0.4, 0.5) is 0 Å². The van der Waals surface area contributed by atoms with Crippen molar-refractivity contribution in [2.24, 2.45) is 0 Å². The average Bonchev–Trinajstić information content (AvgIpc) is 2.44. The molecule has 0 aromatic heterocycles. The van der Waals surface area contributed by atoms with Crippen molar-refractivity contribution >= 4 is 29.0 Å². The van der Waals surface area contributed by atoms with E-state index < -0.39 is 0 Å². The van der Waals surface area contributed by atoms with E-state index in [1.165, 1.54) is 33.0 Å². The molecule has 0 amide bonds. The molecule has 0 fully saturated rings. The van der Waals surface area contributed by atoms with E-state index in [9.17, 15) is 0 Å². The standard InChI is InChI=1S/C19H20/c1-5-10-16-14(4)15(7-3)17(11-6-2)19-13-9-8-12-18(16)19/h5-13H,3H2,1-2,4H3/b10-5-,11-6-. The second kappa shape index (κ2) is 5.71. The first-order valence-electron chi connectivity index (χ1n) is 6.67. The van der Waals surface area contributed by atoms with Gasteiger partial charge in [-0.15, -0.1) is 0 Å². The van der Waals surface area contributed by atoms with Crippen LogP contribution in [0.2, 0.25) is 0 Å². The molecule has 0 heteroatoms. The fourth-order valence-corrected chi connectivity index (χ4v) is 2.64. The van der Waals surface area contributed by atoms with E-state index in [0.29, 0.717) is 0 Å². The Morgan fingerprint density at radius 1 is 0.842 bits per heavy atom. The van der Waals surface area contributed by atoms with Crippen molar-refractivity contribution in [1.29, 1.82) is 0 Å². The SMILES string of the molecule is C=Cc1c(C)c(/C=C\C)c2ccccc2c1/C=C\C. The molecule has 0 saturated carbocycles. The maximum absolute atomic E-state index is 3.98. The molecule has 2 aromatic rings. The molecule has 0 unspecified atom stereocenters. The van der Waals surface area contributed by atoms with E-state index in [2.05, 4.69) is 75.9 Å². The summed E-state index contributed by atoms with van der Waals surface area (Å²) in [6.07, 6.45) is 10.5. The van der Waals surface area contributed by atoms with E-state index in [1.807, 2.05) is 6.08 Å². The number of hydrogen-bond acceptors (Lipinski definition) is 0. The summed E-state index contributed by atoms with van der Waals surface area (Å²) in [5.41, 5.74) is 5.07. The van der Waals surface area contributed by atoms with E-state index in [0.717, 1.165) is 0 Å². The van der Waals surface area contributed by atoms with Crippen LogP contribution in [0.1, 0.15) is 36.1 Å². The van der Waals surface area contributed by atoms with Crippen LogP contribution in [0.3, 0.4) is 0 Å². The first kappa shape index (κ1) is 13.4. The molecule has 0 heterocycles. The minimum absolute atomic E-state index is 1.23. The number of benzene rings is 2. The first-order chi connectivity index (χ1) is 9.24. The Labute approximate surface area is 115 Å². The average molecular weight is 248 g/mol. The van der Waals surface area contributed by atoms with Crippen LogP contribution in [0, 0.1) is 6.92 Å². The van der Waals surface area contributed by atoms with Crippen LogP contribution >= 0.6 is 0 Å². The van der Waals surface area contributed by atoms with Gasteiger partial charge in [-0.2, -0.15) is 0 Å². The Bertz CT molecular complexity index is 670. The zero-order chi connectivity index (χ0) is 13.8. The second-order valence-electron chi connectivity index (χ2n) is 4.62. The highest BCUT2D eigenvalue weighted by Crippen LogP contribution is 2.32. The van der Waals surface area contributed by atoms with E-state index in [4.69, 9.17) is 0 Å². The highest BCUT2D eigenvalue weighted by atomic mass is 14.1. The zero-order valence-corrected chi connectivity index (χ0v) is 11.9. The lowest BCUT2D eigenvalue weighted by atomic mass is 9.89. The van der Waals surface area contributed by atoms with Gasteiger partial charge in [-0.3, -0.25) is 0 Å². The Morgan fingerprint density at radius 3 is 1.89 bits per heavy atom. The van der Waals surface area contributed by atoms with Gasteiger partial charge in [0.15, 0.2) is 0 Å². The summed E-state index contributed by atoms with van der Waals surface area (Å²) >= 11 is 0. The second-order valence-corrected chi connectivity index (χ2v) is 4.62. The van der Waals surface area contributed by atoms with Gasteiger partial charge in [-0.1, -0.05) is 61.2 Å². The van der Waals surface area contributed by atoms with Crippen LogP contribution < -0.4 is 0 Å². The van der Waals surface area contributed by atoms with Gasteiger partial charge in [0.1, 0.15) is 0 Å². The topological polar surface area (TPSA) is 0 Å². The summed E-state index contributed by atoms with van der Waals surface area (Å²) in [5, 5.41) is 2.59. The van der Waals surface area contributed by atoms with Crippen LogP contribution in [-0.2, 0) is 0 Å². The lowest BCUT2D eigenvalue weighted by Gasteiger charge is -2.15. The number of rotatable bonds is 3. The van der Waals surface area contributed by atoms with Gasteiger partial charge in [0, 0.05) is 0 Å². The molecule has 2 aromatic carbocycles. The molecule has 0 bridgehead atoms. The summed E-state index contributed by atoms with van der Waals surface area (Å²) in [6, 6.07) is 8.57. The summed E-state index contributed by atoms with van der Waals surface area (Å²) in [5.74, 6) is 0. The van der Waals surface area contributed by atoms with Crippen molar-refractivity contribution in [3.63, 3.8) is 0 Å². The predicted molar refractivity (Wildman–Crippen MR) is 88.2 cm³/mol. The summed E-state index contributed by atoms with van der Waals surface area (Å²) in [6.45, 7) is 10.3. The lowest BCUT2D eigenvalue weighted by Crippen LogP contribution is -1.94. The van der Waals surface area contributed by atoms with Gasteiger partial charge in [0.2, 0.25) is 0 Å². The monoisotopic (exact) mass is 248 g/mol. The summed E-state index contributed by atoms with van der Waals surface area (Å²) < 4.78 is 0. The molecule has 0 N–H and O–H groups in total. The minimum atomic E-state index is 1.23. The Hall–Kier alpha value is -2.08. The lowest BCUT2D eigenvalue weighted by molar-refractivity contribution is 1.43. The van der Waals surface area contributed by atoms with E-state index in [-0.39, 0.29) is 0 Å². The van der Waals surface area contributed by atoms with Crippen LogP contribution in [0.5, 0.6) is 0 Å². The Balaban J connectivity index is 3.02. The van der Waals surface area contributed by atoms with Crippen molar-refractivity contribution in [2.45, 2.75) is 20.8 Å².